The number of morpholine rings is 1. The van der Waals surface area contributed by atoms with Gasteiger partial charge in [-0.1, -0.05) is 11.6 Å². The molecular weight excluding hydrogens is 280 g/mol. The number of rotatable bonds is 3. The van der Waals surface area contributed by atoms with Crippen molar-refractivity contribution < 1.29 is 14.3 Å². The molecule has 5 nitrogen and oxygen atoms in total. The zero-order valence-corrected chi connectivity index (χ0v) is 13.3. The lowest BCUT2D eigenvalue weighted by molar-refractivity contribution is -0.146. The second-order valence-electron chi connectivity index (χ2n) is 6.47. The highest BCUT2D eigenvalue weighted by Crippen LogP contribution is 2.25. The largest absolute Gasteiger partial charge is 0.378 e. The predicted octanol–water partition coefficient (Wildman–Crippen LogP) is 1.73. The second kappa shape index (κ2) is 7.27. The minimum Gasteiger partial charge on any atom is -0.378 e. The van der Waals surface area contributed by atoms with Crippen molar-refractivity contribution in [1.29, 1.82) is 0 Å². The molecule has 2 aliphatic heterocycles. The van der Waals surface area contributed by atoms with Crippen LogP contribution >= 0.6 is 0 Å². The summed E-state index contributed by atoms with van der Waals surface area (Å²) >= 11 is 0. The normalized spacial score (nSPS) is 26.0. The van der Waals surface area contributed by atoms with Crippen LogP contribution in [0.1, 0.15) is 44.9 Å². The van der Waals surface area contributed by atoms with Crippen molar-refractivity contribution >= 4 is 11.8 Å². The molecule has 0 aromatic heterocycles. The lowest BCUT2D eigenvalue weighted by Crippen LogP contribution is -2.51. The van der Waals surface area contributed by atoms with Gasteiger partial charge in [-0.3, -0.25) is 9.59 Å². The standard InChI is InChI=1S/C17H26N2O3/c20-16(13-14-5-2-1-3-6-14)19-8-4-7-15(19)17(21)18-9-11-22-12-10-18/h5,15H,1-4,6-13H2/t15-/m1/s1. The van der Waals surface area contributed by atoms with Gasteiger partial charge in [0.2, 0.25) is 11.8 Å². The third-order valence-corrected chi connectivity index (χ3v) is 4.94. The molecule has 1 atom stereocenters. The van der Waals surface area contributed by atoms with Gasteiger partial charge in [-0.15, -0.1) is 0 Å². The van der Waals surface area contributed by atoms with E-state index in [1.807, 2.05) is 9.80 Å². The Hall–Kier alpha value is -1.36. The van der Waals surface area contributed by atoms with Crippen molar-refractivity contribution in [2.24, 2.45) is 0 Å². The molecule has 2 saturated heterocycles. The van der Waals surface area contributed by atoms with Crippen molar-refractivity contribution in [2.45, 2.75) is 51.0 Å². The zero-order chi connectivity index (χ0) is 15.4. The number of carbonyl (C=O) groups excluding carboxylic acids is 2. The lowest BCUT2D eigenvalue weighted by atomic mass is 9.96. The number of allylic oxidation sites excluding steroid dienone is 1. The molecule has 0 spiro atoms. The van der Waals surface area contributed by atoms with E-state index in [2.05, 4.69) is 6.08 Å². The van der Waals surface area contributed by atoms with E-state index in [1.54, 1.807) is 0 Å². The van der Waals surface area contributed by atoms with Crippen LogP contribution in [0.3, 0.4) is 0 Å². The Kier molecular flexibility index (Phi) is 5.13. The van der Waals surface area contributed by atoms with Gasteiger partial charge in [-0.2, -0.15) is 0 Å². The summed E-state index contributed by atoms with van der Waals surface area (Å²) in [5.41, 5.74) is 1.26. The minimum absolute atomic E-state index is 0.117. The van der Waals surface area contributed by atoms with Crippen LogP contribution in [0, 0.1) is 0 Å². The quantitative estimate of drug-likeness (QED) is 0.746. The average Bonchev–Trinajstić information content (AvgIpc) is 3.05. The summed E-state index contributed by atoms with van der Waals surface area (Å²) in [6, 6.07) is -0.241. The third-order valence-electron chi connectivity index (χ3n) is 4.94. The molecule has 2 heterocycles. The van der Waals surface area contributed by atoms with Crippen LogP contribution in [-0.4, -0.2) is 60.5 Å². The fraction of sp³-hybridized carbons (Fsp3) is 0.765. The Balaban J connectivity index is 1.60. The number of carbonyl (C=O) groups is 2. The third kappa shape index (κ3) is 3.51. The molecule has 122 valence electrons. The second-order valence-corrected chi connectivity index (χ2v) is 6.47. The molecular formula is C17H26N2O3. The van der Waals surface area contributed by atoms with Crippen molar-refractivity contribution in [3.05, 3.63) is 11.6 Å². The van der Waals surface area contributed by atoms with Gasteiger partial charge >= 0.3 is 0 Å². The first kappa shape index (κ1) is 15.5. The molecule has 0 aromatic rings. The summed E-state index contributed by atoms with van der Waals surface area (Å²) in [5, 5.41) is 0. The topological polar surface area (TPSA) is 49.9 Å². The molecule has 0 radical (unpaired) electrons. The van der Waals surface area contributed by atoms with Gasteiger partial charge in [-0.05, 0) is 38.5 Å². The van der Waals surface area contributed by atoms with Crippen LogP contribution in [0.5, 0.6) is 0 Å². The first-order valence-corrected chi connectivity index (χ1v) is 8.59. The molecule has 0 saturated carbocycles. The number of ether oxygens (including phenoxy) is 1. The van der Waals surface area contributed by atoms with Crippen LogP contribution in [0.4, 0.5) is 0 Å². The first-order valence-electron chi connectivity index (χ1n) is 8.59. The summed E-state index contributed by atoms with van der Waals surface area (Å²) in [5.74, 6) is 0.254. The Morgan fingerprint density at radius 2 is 1.95 bits per heavy atom. The van der Waals surface area contributed by atoms with Crippen LogP contribution in [0.15, 0.2) is 11.6 Å². The number of amides is 2. The van der Waals surface area contributed by atoms with E-state index in [0.717, 1.165) is 32.2 Å². The SMILES string of the molecule is O=C([C@H]1CCCN1C(=O)CC1=CCCCC1)N1CCOCC1. The Morgan fingerprint density at radius 3 is 2.68 bits per heavy atom. The molecule has 22 heavy (non-hydrogen) atoms. The van der Waals surface area contributed by atoms with E-state index in [-0.39, 0.29) is 17.9 Å². The maximum Gasteiger partial charge on any atom is 0.245 e. The highest BCUT2D eigenvalue weighted by Gasteiger charge is 2.36. The molecule has 0 aromatic carbocycles. The maximum absolute atomic E-state index is 12.7. The lowest BCUT2D eigenvalue weighted by Gasteiger charge is -2.32. The number of likely N-dealkylation sites (tertiary alicyclic amines) is 1. The summed E-state index contributed by atoms with van der Waals surface area (Å²) in [7, 11) is 0. The minimum atomic E-state index is -0.241. The molecule has 3 rings (SSSR count). The number of hydrogen-bond donors (Lipinski definition) is 0. The molecule has 1 aliphatic carbocycles. The number of nitrogens with zero attached hydrogens (tertiary/aromatic N) is 2. The van der Waals surface area contributed by atoms with E-state index >= 15 is 0 Å². The monoisotopic (exact) mass is 306 g/mol. The van der Waals surface area contributed by atoms with Gasteiger partial charge in [0.05, 0.1) is 13.2 Å². The number of hydrogen-bond acceptors (Lipinski definition) is 3. The Labute approximate surface area is 132 Å². The van der Waals surface area contributed by atoms with E-state index in [1.165, 1.54) is 18.4 Å². The first-order chi connectivity index (χ1) is 10.8. The molecule has 2 fully saturated rings. The molecule has 0 N–H and O–H groups in total. The average molecular weight is 306 g/mol. The zero-order valence-electron chi connectivity index (χ0n) is 13.3. The van der Waals surface area contributed by atoms with Gasteiger partial charge < -0.3 is 14.5 Å². The van der Waals surface area contributed by atoms with Crippen molar-refractivity contribution in [1.82, 2.24) is 9.80 Å². The van der Waals surface area contributed by atoms with Crippen LogP contribution in [0.25, 0.3) is 0 Å². The fourth-order valence-corrected chi connectivity index (χ4v) is 3.68. The summed E-state index contributed by atoms with van der Waals surface area (Å²) in [4.78, 5) is 29.0. The van der Waals surface area contributed by atoms with Crippen molar-refractivity contribution in [3.8, 4) is 0 Å². The van der Waals surface area contributed by atoms with Gasteiger partial charge in [0.1, 0.15) is 6.04 Å². The maximum atomic E-state index is 12.7. The van der Waals surface area contributed by atoms with Gasteiger partial charge in [-0.25, -0.2) is 0 Å². The van der Waals surface area contributed by atoms with E-state index in [9.17, 15) is 9.59 Å². The summed E-state index contributed by atoms with van der Waals surface area (Å²) in [6.07, 6.45) is 9.03. The smallest absolute Gasteiger partial charge is 0.245 e. The Morgan fingerprint density at radius 1 is 1.14 bits per heavy atom. The Bertz CT molecular complexity index is 455. The van der Waals surface area contributed by atoms with E-state index in [4.69, 9.17) is 4.74 Å². The molecule has 2 amide bonds. The van der Waals surface area contributed by atoms with E-state index < -0.39 is 0 Å². The predicted molar refractivity (Wildman–Crippen MR) is 83.3 cm³/mol. The molecule has 3 aliphatic rings. The molecule has 5 heteroatoms. The molecule has 0 bridgehead atoms. The fourth-order valence-electron chi connectivity index (χ4n) is 3.68. The molecule has 0 unspecified atom stereocenters. The van der Waals surface area contributed by atoms with Gasteiger partial charge in [0, 0.05) is 26.1 Å². The van der Waals surface area contributed by atoms with Crippen molar-refractivity contribution in [2.75, 3.05) is 32.8 Å². The van der Waals surface area contributed by atoms with Crippen LogP contribution < -0.4 is 0 Å². The summed E-state index contributed by atoms with van der Waals surface area (Å²) < 4.78 is 5.31. The highest BCUT2D eigenvalue weighted by atomic mass is 16.5. The van der Waals surface area contributed by atoms with E-state index in [0.29, 0.717) is 32.7 Å². The van der Waals surface area contributed by atoms with Crippen LogP contribution in [0.2, 0.25) is 0 Å². The highest BCUT2D eigenvalue weighted by molar-refractivity contribution is 5.89. The van der Waals surface area contributed by atoms with Gasteiger partial charge in [0.15, 0.2) is 0 Å². The van der Waals surface area contributed by atoms with Crippen LogP contribution in [-0.2, 0) is 14.3 Å². The van der Waals surface area contributed by atoms with Crippen molar-refractivity contribution in [3.63, 3.8) is 0 Å². The van der Waals surface area contributed by atoms with Gasteiger partial charge in [0.25, 0.3) is 0 Å². The summed E-state index contributed by atoms with van der Waals surface area (Å²) in [6.45, 7) is 3.26.